The molecule has 0 fully saturated rings. The Balaban J connectivity index is 3.73. The summed E-state index contributed by atoms with van der Waals surface area (Å²) in [7, 11) is 0. The number of nitrogens with zero attached hydrogens (tertiary/aromatic N) is 1. The van der Waals surface area contributed by atoms with E-state index >= 15 is 0 Å². The van der Waals surface area contributed by atoms with E-state index in [9.17, 15) is 9.59 Å². The molecule has 11 heavy (non-hydrogen) atoms. The first kappa shape index (κ1) is 9.90. The van der Waals surface area contributed by atoms with E-state index in [4.69, 9.17) is 10.3 Å². The zero-order valence-corrected chi connectivity index (χ0v) is 6.28. The summed E-state index contributed by atoms with van der Waals surface area (Å²) in [5, 5.41) is 17.1. The van der Waals surface area contributed by atoms with Crippen molar-refractivity contribution in [3.63, 3.8) is 0 Å². The summed E-state index contributed by atoms with van der Waals surface area (Å²) >= 11 is 0. The molecule has 1 amide bonds. The predicted octanol–water partition coefficient (Wildman–Crippen LogP) is 0.0889. The molecule has 2 N–H and O–H groups in total. The van der Waals surface area contributed by atoms with Crippen LogP contribution in [-0.4, -0.2) is 33.8 Å². The number of carbonyl (C=O) groups is 2. The highest BCUT2D eigenvalue weighted by molar-refractivity contribution is 5.80. The summed E-state index contributed by atoms with van der Waals surface area (Å²) in [5.41, 5.74) is 0. The molecule has 0 atom stereocenters. The maximum Gasteiger partial charge on any atom is 0.325 e. The number of hydroxylamine groups is 2. The van der Waals surface area contributed by atoms with Gasteiger partial charge in [-0.3, -0.25) is 14.8 Å². The molecule has 5 heteroatoms. The largest absolute Gasteiger partial charge is 0.480 e. The van der Waals surface area contributed by atoms with Crippen LogP contribution >= 0.6 is 0 Å². The maximum absolute atomic E-state index is 10.7. The van der Waals surface area contributed by atoms with Gasteiger partial charge in [0.05, 0.1) is 0 Å². The number of carbonyl (C=O) groups excluding carboxylic acids is 1. The predicted molar refractivity (Wildman–Crippen MR) is 36.0 cm³/mol. The fourth-order valence-corrected chi connectivity index (χ4v) is 0.559. The number of carboxylic acid groups (broad SMARTS) is 1. The summed E-state index contributed by atoms with van der Waals surface area (Å²) in [6.45, 7) is 1.12. The van der Waals surface area contributed by atoms with E-state index in [1.807, 2.05) is 0 Å². The first-order valence-electron chi connectivity index (χ1n) is 3.29. The molecular weight excluding hydrogens is 150 g/mol. The molecule has 0 saturated heterocycles. The van der Waals surface area contributed by atoms with Gasteiger partial charge in [0.1, 0.15) is 6.54 Å². The highest BCUT2D eigenvalue weighted by Gasteiger charge is 2.12. The second kappa shape index (κ2) is 4.68. The monoisotopic (exact) mass is 161 g/mol. The minimum absolute atomic E-state index is 0.170. The Labute approximate surface area is 64.2 Å². The Kier molecular flexibility index (Phi) is 4.21. The number of amides is 1. The Morgan fingerprint density at radius 1 is 1.45 bits per heavy atom. The van der Waals surface area contributed by atoms with Crippen molar-refractivity contribution in [3.05, 3.63) is 0 Å². The Morgan fingerprint density at radius 3 is 2.36 bits per heavy atom. The smallest absolute Gasteiger partial charge is 0.325 e. The highest BCUT2D eigenvalue weighted by Crippen LogP contribution is 1.93. The molecule has 0 spiro atoms. The first-order valence-corrected chi connectivity index (χ1v) is 3.29. The summed E-state index contributed by atoms with van der Waals surface area (Å²) in [5.74, 6) is -1.79. The van der Waals surface area contributed by atoms with Gasteiger partial charge in [-0.25, -0.2) is 5.06 Å². The van der Waals surface area contributed by atoms with Gasteiger partial charge < -0.3 is 5.11 Å². The van der Waals surface area contributed by atoms with Gasteiger partial charge in [0.15, 0.2) is 0 Å². The van der Waals surface area contributed by atoms with Crippen molar-refractivity contribution in [2.24, 2.45) is 0 Å². The van der Waals surface area contributed by atoms with E-state index in [-0.39, 0.29) is 11.5 Å². The van der Waals surface area contributed by atoms with Gasteiger partial charge in [-0.1, -0.05) is 6.92 Å². The molecule has 0 aliphatic rings. The SMILES string of the molecule is CCCC(=O)N(O)CC(=O)O. The lowest BCUT2D eigenvalue weighted by Gasteiger charge is -2.10. The number of hydrogen-bond acceptors (Lipinski definition) is 3. The van der Waals surface area contributed by atoms with E-state index in [0.29, 0.717) is 6.42 Å². The van der Waals surface area contributed by atoms with Crippen LogP contribution in [0.4, 0.5) is 0 Å². The summed E-state index contributed by atoms with van der Waals surface area (Å²) in [4.78, 5) is 20.7. The fourth-order valence-electron chi connectivity index (χ4n) is 0.559. The average Bonchev–Trinajstić information content (AvgIpc) is 1.86. The highest BCUT2D eigenvalue weighted by atomic mass is 16.5. The van der Waals surface area contributed by atoms with E-state index in [2.05, 4.69) is 0 Å². The minimum Gasteiger partial charge on any atom is -0.480 e. The molecule has 0 aromatic carbocycles. The van der Waals surface area contributed by atoms with E-state index in [0.717, 1.165) is 0 Å². The molecular formula is C6H11NO4. The van der Waals surface area contributed by atoms with Crippen LogP contribution in [0.1, 0.15) is 19.8 Å². The normalized spacial score (nSPS) is 9.27. The molecule has 0 aromatic rings. The van der Waals surface area contributed by atoms with Crippen LogP contribution in [0.15, 0.2) is 0 Å². The van der Waals surface area contributed by atoms with Gasteiger partial charge in [0, 0.05) is 6.42 Å². The van der Waals surface area contributed by atoms with Crippen LogP contribution in [0.5, 0.6) is 0 Å². The third-order valence-corrected chi connectivity index (χ3v) is 1.04. The number of carboxylic acids is 1. The standard InChI is InChI=1S/C6H11NO4/c1-2-3-5(8)7(11)4-6(9)10/h11H,2-4H2,1H3,(H,9,10). The molecule has 0 radical (unpaired) electrons. The van der Waals surface area contributed by atoms with Crippen LogP contribution in [-0.2, 0) is 9.59 Å². The topological polar surface area (TPSA) is 77.8 Å². The van der Waals surface area contributed by atoms with E-state index < -0.39 is 18.4 Å². The van der Waals surface area contributed by atoms with Crippen LogP contribution in [0.2, 0.25) is 0 Å². The van der Waals surface area contributed by atoms with Crippen LogP contribution in [0.3, 0.4) is 0 Å². The van der Waals surface area contributed by atoms with Gasteiger partial charge >= 0.3 is 5.97 Å². The molecule has 64 valence electrons. The second-order valence-electron chi connectivity index (χ2n) is 2.10. The van der Waals surface area contributed by atoms with Crippen molar-refractivity contribution in [1.82, 2.24) is 5.06 Å². The van der Waals surface area contributed by atoms with Gasteiger partial charge in [-0.05, 0) is 6.42 Å². The maximum atomic E-state index is 10.7. The summed E-state index contributed by atoms with van der Waals surface area (Å²) < 4.78 is 0. The molecule has 0 saturated carbocycles. The van der Waals surface area contributed by atoms with Crippen LogP contribution < -0.4 is 0 Å². The van der Waals surface area contributed by atoms with Gasteiger partial charge in [0.2, 0.25) is 5.91 Å². The van der Waals surface area contributed by atoms with Gasteiger partial charge in [-0.2, -0.15) is 0 Å². The van der Waals surface area contributed by atoms with Crippen molar-refractivity contribution in [2.75, 3.05) is 6.54 Å². The molecule has 0 heterocycles. The molecule has 0 aromatic heterocycles. The molecule has 0 aliphatic heterocycles. The van der Waals surface area contributed by atoms with Gasteiger partial charge in [-0.15, -0.1) is 0 Å². The lowest BCUT2D eigenvalue weighted by molar-refractivity contribution is -0.173. The Morgan fingerprint density at radius 2 is 2.00 bits per heavy atom. The lowest BCUT2D eigenvalue weighted by Crippen LogP contribution is -2.32. The van der Waals surface area contributed by atoms with Gasteiger partial charge in [0.25, 0.3) is 0 Å². The molecule has 5 nitrogen and oxygen atoms in total. The van der Waals surface area contributed by atoms with Crippen molar-refractivity contribution in [2.45, 2.75) is 19.8 Å². The third kappa shape index (κ3) is 4.32. The molecule has 0 rings (SSSR count). The minimum atomic E-state index is -1.23. The van der Waals surface area contributed by atoms with Crippen molar-refractivity contribution in [3.8, 4) is 0 Å². The third-order valence-electron chi connectivity index (χ3n) is 1.04. The van der Waals surface area contributed by atoms with Crippen LogP contribution in [0.25, 0.3) is 0 Å². The van der Waals surface area contributed by atoms with Crippen molar-refractivity contribution < 1.29 is 19.9 Å². The van der Waals surface area contributed by atoms with E-state index in [1.54, 1.807) is 6.92 Å². The average molecular weight is 161 g/mol. The number of aliphatic carboxylic acids is 1. The van der Waals surface area contributed by atoms with E-state index in [1.165, 1.54) is 0 Å². The zero-order valence-electron chi connectivity index (χ0n) is 6.28. The van der Waals surface area contributed by atoms with Crippen LogP contribution in [0, 0.1) is 0 Å². The second-order valence-corrected chi connectivity index (χ2v) is 2.10. The Bertz CT molecular complexity index is 157. The van der Waals surface area contributed by atoms with Crippen molar-refractivity contribution >= 4 is 11.9 Å². The molecule has 0 bridgehead atoms. The zero-order chi connectivity index (χ0) is 8.85. The molecule has 0 unspecified atom stereocenters. The number of rotatable bonds is 4. The quantitative estimate of drug-likeness (QED) is 0.452. The fraction of sp³-hybridized carbons (Fsp3) is 0.667. The summed E-state index contributed by atoms with van der Waals surface area (Å²) in [6.07, 6.45) is 0.763. The Hall–Kier alpha value is -1.10. The summed E-state index contributed by atoms with van der Waals surface area (Å²) in [6, 6.07) is 0. The number of hydrogen-bond donors (Lipinski definition) is 2. The first-order chi connectivity index (χ1) is 5.07. The van der Waals surface area contributed by atoms with Crippen molar-refractivity contribution in [1.29, 1.82) is 0 Å². The lowest BCUT2D eigenvalue weighted by atomic mass is 10.3. The molecule has 0 aliphatic carbocycles.